The van der Waals surface area contributed by atoms with E-state index in [0.29, 0.717) is 22.5 Å². The van der Waals surface area contributed by atoms with Crippen molar-refractivity contribution in [2.45, 2.75) is 6.92 Å². The Bertz CT molecular complexity index is 905. The highest BCUT2D eigenvalue weighted by molar-refractivity contribution is 5.96. The number of carbonyl (C=O) groups excluding carboxylic acids is 1. The van der Waals surface area contributed by atoms with Gasteiger partial charge >= 0.3 is 0 Å². The third-order valence-corrected chi connectivity index (χ3v) is 3.72. The zero-order valence-corrected chi connectivity index (χ0v) is 13.2. The summed E-state index contributed by atoms with van der Waals surface area (Å²) in [5, 5.41) is 12.4. The third-order valence-electron chi connectivity index (χ3n) is 3.72. The van der Waals surface area contributed by atoms with E-state index >= 15 is 0 Å². The highest BCUT2D eigenvalue weighted by atomic mass is 16.3. The summed E-state index contributed by atoms with van der Waals surface area (Å²) in [7, 11) is 0. The number of hydrogen-bond donors (Lipinski definition) is 2. The summed E-state index contributed by atoms with van der Waals surface area (Å²) >= 11 is 0. The maximum absolute atomic E-state index is 12.4. The number of allylic oxidation sites excluding steroid dienone is 1. The largest absolute Gasteiger partial charge is 0.392 e. The van der Waals surface area contributed by atoms with Crippen LogP contribution in [0.25, 0.3) is 16.6 Å². The molecule has 2 aromatic heterocycles. The predicted octanol–water partition coefficient (Wildman–Crippen LogP) is 2.78. The highest BCUT2D eigenvalue weighted by Gasteiger charge is 2.12. The van der Waals surface area contributed by atoms with Crippen molar-refractivity contribution in [3.05, 3.63) is 77.7 Å². The first-order valence-corrected chi connectivity index (χ1v) is 7.58. The van der Waals surface area contributed by atoms with Gasteiger partial charge in [-0.05, 0) is 36.8 Å². The standard InChI is InChI=1S/C19H17N3O2/c1-13(15(12-23)14-6-3-2-4-7-14)21-19(24)18-10-9-16-17(22-18)8-5-11-20-16/h2-11,23H,12H2,1H3,(H,21,24)/b15-13-. The van der Waals surface area contributed by atoms with Gasteiger partial charge in [-0.2, -0.15) is 0 Å². The number of carbonyl (C=O) groups is 1. The van der Waals surface area contributed by atoms with Crippen LogP contribution in [0.3, 0.4) is 0 Å². The number of benzene rings is 1. The second-order valence-electron chi connectivity index (χ2n) is 5.32. The van der Waals surface area contributed by atoms with Crippen molar-refractivity contribution >= 4 is 22.5 Å². The third kappa shape index (κ3) is 3.31. The molecule has 5 nitrogen and oxygen atoms in total. The van der Waals surface area contributed by atoms with Gasteiger partial charge in [-0.25, -0.2) is 4.98 Å². The molecular weight excluding hydrogens is 302 g/mol. The molecule has 0 aliphatic rings. The molecule has 3 rings (SSSR count). The van der Waals surface area contributed by atoms with Gasteiger partial charge in [0.15, 0.2) is 0 Å². The molecule has 0 radical (unpaired) electrons. The van der Waals surface area contributed by atoms with Gasteiger partial charge in [0.05, 0.1) is 17.6 Å². The second-order valence-corrected chi connectivity index (χ2v) is 5.32. The van der Waals surface area contributed by atoms with Crippen molar-refractivity contribution in [3.8, 4) is 0 Å². The van der Waals surface area contributed by atoms with Gasteiger partial charge in [-0.1, -0.05) is 30.3 Å². The van der Waals surface area contributed by atoms with Crippen molar-refractivity contribution in [1.29, 1.82) is 0 Å². The first kappa shape index (κ1) is 15.8. The van der Waals surface area contributed by atoms with Crippen molar-refractivity contribution in [2.24, 2.45) is 0 Å². The molecule has 24 heavy (non-hydrogen) atoms. The number of aliphatic hydroxyl groups is 1. The average Bonchev–Trinajstić information content (AvgIpc) is 2.62. The Labute approximate surface area is 139 Å². The molecule has 120 valence electrons. The number of nitrogens with one attached hydrogen (secondary N) is 1. The highest BCUT2D eigenvalue weighted by Crippen LogP contribution is 2.17. The normalized spacial score (nSPS) is 11.9. The minimum Gasteiger partial charge on any atom is -0.392 e. The van der Waals surface area contributed by atoms with E-state index in [1.807, 2.05) is 36.4 Å². The summed E-state index contributed by atoms with van der Waals surface area (Å²) < 4.78 is 0. The van der Waals surface area contributed by atoms with E-state index in [1.54, 1.807) is 31.3 Å². The molecule has 1 amide bonds. The Balaban J connectivity index is 1.88. The van der Waals surface area contributed by atoms with E-state index in [-0.39, 0.29) is 12.5 Å². The zero-order valence-electron chi connectivity index (χ0n) is 13.2. The molecular formula is C19H17N3O2. The predicted molar refractivity (Wildman–Crippen MR) is 93.1 cm³/mol. The first-order chi connectivity index (χ1) is 11.7. The van der Waals surface area contributed by atoms with Crippen molar-refractivity contribution in [3.63, 3.8) is 0 Å². The maximum Gasteiger partial charge on any atom is 0.274 e. The van der Waals surface area contributed by atoms with Crippen LogP contribution in [0.4, 0.5) is 0 Å². The van der Waals surface area contributed by atoms with Crippen molar-refractivity contribution < 1.29 is 9.90 Å². The summed E-state index contributed by atoms with van der Waals surface area (Å²) in [5.41, 5.74) is 3.85. The lowest BCUT2D eigenvalue weighted by Crippen LogP contribution is -2.24. The van der Waals surface area contributed by atoms with Gasteiger partial charge in [-0.3, -0.25) is 9.78 Å². The lowest BCUT2D eigenvalue weighted by Gasteiger charge is -2.12. The Morgan fingerprint density at radius 3 is 2.58 bits per heavy atom. The zero-order chi connectivity index (χ0) is 16.9. The van der Waals surface area contributed by atoms with Crippen LogP contribution >= 0.6 is 0 Å². The fourth-order valence-electron chi connectivity index (χ4n) is 2.46. The number of hydrogen-bond acceptors (Lipinski definition) is 4. The fraction of sp³-hybridized carbons (Fsp3) is 0.105. The van der Waals surface area contributed by atoms with E-state index in [2.05, 4.69) is 15.3 Å². The molecule has 0 fully saturated rings. The van der Waals surface area contributed by atoms with Crippen LogP contribution in [0.5, 0.6) is 0 Å². The molecule has 0 bridgehead atoms. The molecule has 3 aromatic rings. The monoisotopic (exact) mass is 319 g/mol. The molecule has 2 N–H and O–H groups in total. The van der Waals surface area contributed by atoms with E-state index in [4.69, 9.17) is 0 Å². The van der Waals surface area contributed by atoms with Crippen molar-refractivity contribution in [2.75, 3.05) is 6.61 Å². The lowest BCUT2D eigenvalue weighted by molar-refractivity contribution is 0.0961. The minimum absolute atomic E-state index is 0.162. The van der Waals surface area contributed by atoms with Gasteiger partial charge < -0.3 is 10.4 Å². The van der Waals surface area contributed by atoms with Crippen LogP contribution in [0.1, 0.15) is 23.0 Å². The molecule has 0 saturated carbocycles. The van der Waals surface area contributed by atoms with Gasteiger partial charge in [0, 0.05) is 17.5 Å². The Kier molecular flexibility index (Phi) is 4.63. The number of pyridine rings is 2. The van der Waals surface area contributed by atoms with E-state index in [9.17, 15) is 9.90 Å². The van der Waals surface area contributed by atoms with Crippen LogP contribution in [0.2, 0.25) is 0 Å². The van der Waals surface area contributed by atoms with Crippen LogP contribution in [0.15, 0.2) is 66.5 Å². The number of fused-ring (bicyclic) bond motifs is 1. The molecule has 5 heteroatoms. The molecule has 0 aliphatic heterocycles. The van der Waals surface area contributed by atoms with Gasteiger partial charge in [-0.15, -0.1) is 0 Å². The first-order valence-electron chi connectivity index (χ1n) is 7.58. The topological polar surface area (TPSA) is 75.1 Å². The summed E-state index contributed by atoms with van der Waals surface area (Å²) in [6, 6.07) is 16.4. The number of aromatic nitrogens is 2. The lowest BCUT2D eigenvalue weighted by atomic mass is 10.0. The minimum atomic E-state index is -0.319. The van der Waals surface area contributed by atoms with Crippen LogP contribution < -0.4 is 5.32 Å². The second kappa shape index (κ2) is 7.02. The summed E-state index contributed by atoms with van der Waals surface area (Å²) in [4.78, 5) is 21.0. The Morgan fingerprint density at radius 1 is 1.04 bits per heavy atom. The van der Waals surface area contributed by atoms with Gasteiger partial charge in [0.2, 0.25) is 0 Å². The molecule has 1 aromatic carbocycles. The molecule has 0 aliphatic carbocycles. The van der Waals surface area contributed by atoms with E-state index in [0.717, 1.165) is 11.1 Å². The smallest absolute Gasteiger partial charge is 0.274 e. The summed E-state index contributed by atoms with van der Waals surface area (Å²) in [6.07, 6.45) is 1.68. The van der Waals surface area contributed by atoms with Crippen molar-refractivity contribution in [1.82, 2.24) is 15.3 Å². The maximum atomic E-state index is 12.4. The Hall–Kier alpha value is -3.05. The van der Waals surface area contributed by atoms with Gasteiger partial charge in [0.1, 0.15) is 5.69 Å². The summed E-state index contributed by atoms with van der Waals surface area (Å²) in [6.45, 7) is 1.60. The molecule has 0 spiro atoms. The molecule has 0 unspecified atom stereocenters. The fourth-order valence-corrected chi connectivity index (χ4v) is 2.46. The number of nitrogens with zero attached hydrogens (tertiary/aromatic N) is 2. The van der Waals surface area contributed by atoms with Crippen LogP contribution in [-0.4, -0.2) is 27.6 Å². The quantitative estimate of drug-likeness (QED) is 0.775. The average molecular weight is 319 g/mol. The number of amides is 1. The number of rotatable bonds is 4. The van der Waals surface area contributed by atoms with E-state index in [1.165, 1.54) is 0 Å². The Morgan fingerprint density at radius 2 is 1.83 bits per heavy atom. The van der Waals surface area contributed by atoms with Crippen LogP contribution in [-0.2, 0) is 0 Å². The SMILES string of the molecule is C/C(NC(=O)c1ccc2ncccc2n1)=C(\CO)c1ccccc1. The van der Waals surface area contributed by atoms with E-state index < -0.39 is 0 Å². The van der Waals surface area contributed by atoms with Gasteiger partial charge in [0.25, 0.3) is 5.91 Å². The number of aliphatic hydroxyl groups excluding tert-OH is 1. The van der Waals surface area contributed by atoms with Crippen LogP contribution in [0, 0.1) is 0 Å². The molecule has 0 atom stereocenters. The summed E-state index contributed by atoms with van der Waals surface area (Å²) in [5.74, 6) is -0.319. The molecule has 2 heterocycles. The molecule has 0 saturated heterocycles.